The van der Waals surface area contributed by atoms with E-state index >= 15 is 0 Å². The average Bonchev–Trinajstić information content (AvgIpc) is 2.73. The van der Waals surface area contributed by atoms with Crippen LogP contribution >= 0.6 is 0 Å². The highest BCUT2D eigenvalue weighted by molar-refractivity contribution is 5.83. The molecule has 0 bridgehead atoms. The van der Waals surface area contributed by atoms with Gasteiger partial charge in [-0.25, -0.2) is 0 Å². The Bertz CT molecular complexity index is 1320. The number of aliphatic carboxylic acids is 1. The maximum Gasteiger partial charge on any atom is 0.311 e. The summed E-state index contributed by atoms with van der Waals surface area (Å²) in [4.78, 5) is 26.4. The number of benzene rings is 2. The van der Waals surface area contributed by atoms with E-state index in [0.29, 0.717) is 17.5 Å². The lowest BCUT2D eigenvalue weighted by Gasteiger charge is -2.28. The summed E-state index contributed by atoms with van der Waals surface area (Å²) in [6, 6.07) is 12.2. The zero-order valence-corrected chi connectivity index (χ0v) is 22.0. The molecular weight excluding hydrogens is 422 g/mol. The second-order valence-corrected chi connectivity index (χ2v) is 10.9. The van der Waals surface area contributed by atoms with Crippen molar-refractivity contribution in [3.63, 3.8) is 0 Å². The SMILES string of the molecule is Cc1ccc(-c2c(C(CC(C)(C)C)C(=O)O)c(C)c(=O)n(-c3ccc(C)c(C)c3)c2C)cc1C. The summed E-state index contributed by atoms with van der Waals surface area (Å²) in [6.07, 6.45) is 0.438. The molecule has 1 N–H and O–H groups in total. The van der Waals surface area contributed by atoms with Crippen LogP contribution < -0.4 is 5.56 Å². The van der Waals surface area contributed by atoms with Crippen molar-refractivity contribution in [2.24, 2.45) is 5.41 Å². The van der Waals surface area contributed by atoms with Gasteiger partial charge in [-0.2, -0.15) is 0 Å². The van der Waals surface area contributed by atoms with Crippen LogP contribution in [0.3, 0.4) is 0 Å². The molecular formula is C30H37NO3. The van der Waals surface area contributed by atoms with Crippen molar-refractivity contribution >= 4 is 5.97 Å². The van der Waals surface area contributed by atoms with Crippen molar-refractivity contribution in [1.29, 1.82) is 0 Å². The third-order valence-electron chi connectivity index (χ3n) is 6.90. The van der Waals surface area contributed by atoms with Crippen molar-refractivity contribution in [1.82, 2.24) is 4.57 Å². The molecule has 180 valence electrons. The van der Waals surface area contributed by atoms with Crippen LogP contribution in [-0.4, -0.2) is 15.6 Å². The number of rotatable bonds is 5. The number of hydrogen-bond acceptors (Lipinski definition) is 2. The molecule has 1 heterocycles. The van der Waals surface area contributed by atoms with E-state index < -0.39 is 11.9 Å². The van der Waals surface area contributed by atoms with Gasteiger partial charge in [0.15, 0.2) is 0 Å². The summed E-state index contributed by atoms with van der Waals surface area (Å²) < 4.78 is 1.74. The van der Waals surface area contributed by atoms with Gasteiger partial charge in [0.1, 0.15) is 0 Å². The fourth-order valence-electron chi connectivity index (χ4n) is 4.73. The molecule has 0 radical (unpaired) electrons. The lowest BCUT2D eigenvalue weighted by molar-refractivity contribution is -0.139. The molecule has 0 fully saturated rings. The predicted molar refractivity (Wildman–Crippen MR) is 140 cm³/mol. The fraction of sp³-hybridized carbons (Fsp3) is 0.400. The van der Waals surface area contributed by atoms with Gasteiger partial charge in [-0.1, -0.05) is 45.0 Å². The lowest BCUT2D eigenvalue weighted by atomic mass is 9.77. The minimum absolute atomic E-state index is 0.163. The molecule has 0 saturated carbocycles. The smallest absolute Gasteiger partial charge is 0.311 e. The number of hydrogen-bond donors (Lipinski definition) is 1. The third kappa shape index (κ3) is 4.86. The van der Waals surface area contributed by atoms with Crippen molar-refractivity contribution < 1.29 is 9.90 Å². The quantitative estimate of drug-likeness (QED) is 0.449. The van der Waals surface area contributed by atoms with Crippen LogP contribution in [0.15, 0.2) is 41.2 Å². The van der Waals surface area contributed by atoms with Gasteiger partial charge in [-0.15, -0.1) is 0 Å². The van der Waals surface area contributed by atoms with Crippen LogP contribution in [0.1, 0.15) is 72.2 Å². The molecule has 0 aliphatic heterocycles. The second kappa shape index (κ2) is 9.25. The van der Waals surface area contributed by atoms with E-state index in [1.54, 1.807) is 11.5 Å². The molecule has 4 heteroatoms. The highest BCUT2D eigenvalue weighted by Crippen LogP contribution is 2.40. The van der Waals surface area contributed by atoms with E-state index in [1.165, 1.54) is 5.56 Å². The van der Waals surface area contributed by atoms with Gasteiger partial charge in [-0.05, 0) is 98.9 Å². The molecule has 0 saturated heterocycles. The number of carboxylic acid groups (broad SMARTS) is 1. The normalized spacial score (nSPS) is 12.6. The zero-order chi connectivity index (χ0) is 25.5. The monoisotopic (exact) mass is 459 g/mol. The maximum atomic E-state index is 13.8. The molecule has 34 heavy (non-hydrogen) atoms. The van der Waals surface area contributed by atoms with Crippen molar-refractivity contribution in [2.45, 2.75) is 74.7 Å². The maximum absolute atomic E-state index is 13.8. The number of pyridine rings is 1. The first-order chi connectivity index (χ1) is 15.7. The van der Waals surface area contributed by atoms with Crippen LogP contribution in [0.4, 0.5) is 0 Å². The van der Waals surface area contributed by atoms with Crippen LogP contribution in [0.5, 0.6) is 0 Å². The highest BCUT2D eigenvalue weighted by atomic mass is 16.4. The van der Waals surface area contributed by atoms with Crippen molar-refractivity contribution in [3.05, 3.63) is 85.8 Å². The molecule has 1 atom stereocenters. The highest BCUT2D eigenvalue weighted by Gasteiger charge is 2.32. The number of aromatic nitrogens is 1. The topological polar surface area (TPSA) is 59.3 Å². The summed E-state index contributed by atoms with van der Waals surface area (Å²) >= 11 is 0. The fourth-order valence-corrected chi connectivity index (χ4v) is 4.73. The molecule has 2 aromatic carbocycles. The number of carboxylic acids is 1. The Labute approximate surface area is 203 Å². The molecule has 1 aromatic heterocycles. The Morgan fingerprint density at radius 2 is 1.44 bits per heavy atom. The summed E-state index contributed by atoms with van der Waals surface area (Å²) in [7, 11) is 0. The second-order valence-electron chi connectivity index (χ2n) is 10.9. The Morgan fingerprint density at radius 3 is 1.94 bits per heavy atom. The molecule has 3 aromatic rings. The van der Waals surface area contributed by atoms with E-state index in [0.717, 1.165) is 39.2 Å². The Morgan fingerprint density at radius 1 is 0.882 bits per heavy atom. The standard InChI is InChI=1S/C30H37NO3/c1-17-10-12-23(14-19(17)3)27-22(6)31(24-13-11-18(2)20(4)15-24)28(32)21(5)26(27)25(29(33)34)16-30(7,8)9/h10-15,25H,16H2,1-9H3,(H,33,34). The van der Waals surface area contributed by atoms with Crippen LogP contribution in [-0.2, 0) is 4.79 Å². The van der Waals surface area contributed by atoms with E-state index in [2.05, 4.69) is 26.0 Å². The predicted octanol–water partition coefficient (Wildman–Crippen LogP) is 6.96. The van der Waals surface area contributed by atoms with Gasteiger partial charge in [0.25, 0.3) is 5.56 Å². The Kier molecular flexibility index (Phi) is 6.93. The lowest BCUT2D eigenvalue weighted by Crippen LogP contribution is -2.29. The van der Waals surface area contributed by atoms with Gasteiger partial charge < -0.3 is 5.11 Å². The Hall–Kier alpha value is -3.14. The third-order valence-corrected chi connectivity index (χ3v) is 6.90. The van der Waals surface area contributed by atoms with Crippen molar-refractivity contribution in [2.75, 3.05) is 0 Å². The summed E-state index contributed by atoms with van der Waals surface area (Å²) in [5.41, 5.74) is 8.66. The first kappa shape index (κ1) is 25.5. The van der Waals surface area contributed by atoms with E-state index in [4.69, 9.17) is 0 Å². The summed E-state index contributed by atoms with van der Waals surface area (Å²) in [6.45, 7) is 18.0. The molecule has 0 aliphatic carbocycles. The number of carbonyl (C=O) groups is 1. The minimum atomic E-state index is -0.897. The van der Waals surface area contributed by atoms with Gasteiger partial charge in [0.05, 0.1) is 5.92 Å². The Balaban J connectivity index is 2.48. The number of nitrogens with zero attached hydrogens (tertiary/aromatic N) is 1. The molecule has 3 rings (SSSR count). The first-order valence-corrected chi connectivity index (χ1v) is 11.9. The van der Waals surface area contributed by atoms with Crippen LogP contribution in [0, 0.1) is 47.0 Å². The largest absolute Gasteiger partial charge is 0.481 e. The van der Waals surface area contributed by atoms with Crippen LogP contribution in [0.2, 0.25) is 0 Å². The van der Waals surface area contributed by atoms with Crippen molar-refractivity contribution in [3.8, 4) is 16.8 Å². The van der Waals surface area contributed by atoms with Gasteiger partial charge in [0, 0.05) is 22.5 Å². The zero-order valence-electron chi connectivity index (χ0n) is 22.0. The van der Waals surface area contributed by atoms with Gasteiger partial charge in [-0.3, -0.25) is 14.2 Å². The summed E-state index contributed by atoms with van der Waals surface area (Å²) in [5, 5.41) is 10.3. The van der Waals surface area contributed by atoms with E-state index in [1.807, 2.05) is 65.8 Å². The minimum Gasteiger partial charge on any atom is -0.481 e. The average molecular weight is 460 g/mol. The van der Waals surface area contributed by atoms with E-state index in [-0.39, 0.29) is 11.0 Å². The molecule has 0 spiro atoms. The molecule has 1 unspecified atom stereocenters. The molecule has 4 nitrogen and oxygen atoms in total. The molecule has 0 aliphatic rings. The van der Waals surface area contributed by atoms with E-state index in [9.17, 15) is 14.7 Å². The first-order valence-electron chi connectivity index (χ1n) is 11.9. The van der Waals surface area contributed by atoms with Gasteiger partial charge in [0.2, 0.25) is 0 Å². The van der Waals surface area contributed by atoms with Gasteiger partial charge >= 0.3 is 5.97 Å². The molecule has 0 amide bonds. The summed E-state index contributed by atoms with van der Waals surface area (Å²) in [5.74, 6) is -1.68. The van der Waals surface area contributed by atoms with Crippen LogP contribution in [0.25, 0.3) is 16.8 Å². The number of aryl methyl sites for hydroxylation is 4.